The Labute approximate surface area is 92.9 Å². The fraction of sp³-hybridized carbons (Fsp3) is 0.273. The van der Waals surface area contributed by atoms with Crippen molar-refractivity contribution in [1.29, 1.82) is 0 Å². The molecule has 0 aliphatic heterocycles. The van der Waals surface area contributed by atoms with Gasteiger partial charge in [-0.25, -0.2) is 4.79 Å². The summed E-state index contributed by atoms with van der Waals surface area (Å²) in [6, 6.07) is 5.23. The average molecular weight is 219 g/mol. The molecule has 5 heteroatoms. The minimum absolute atomic E-state index is 0.334. The van der Waals surface area contributed by atoms with Gasteiger partial charge >= 0.3 is 5.97 Å². The van der Waals surface area contributed by atoms with Crippen LogP contribution in [0.3, 0.4) is 0 Å². The molecule has 0 unspecified atom stereocenters. The largest absolute Gasteiger partial charge is 0.477 e. The molecule has 0 bridgehead atoms. The van der Waals surface area contributed by atoms with E-state index in [2.05, 4.69) is 5.10 Å². The van der Waals surface area contributed by atoms with Gasteiger partial charge in [0.2, 0.25) is 0 Å². The van der Waals surface area contributed by atoms with Crippen molar-refractivity contribution in [2.75, 3.05) is 0 Å². The van der Waals surface area contributed by atoms with E-state index in [1.54, 1.807) is 29.1 Å². The van der Waals surface area contributed by atoms with E-state index in [0.29, 0.717) is 12.2 Å². The first kappa shape index (κ1) is 10.5. The van der Waals surface area contributed by atoms with Crippen LogP contribution in [0.4, 0.5) is 0 Å². The maximum Gasteiger partial charge on any atom is 0.352 e. The molecule has 0 radical (unpaired) electrons. The molecule has 0 amide bonds. The number of carbonyl (C=O) groups is 1. The van der Waals surface area contributed by atoms with Crippen LogP contribution in [-0.4, -0.2) is 25.4 Å². The van der Waals surface area contributed by atoms with Crippen LogP contribution in [0.1, 0.15) is 16.9 Å². The summed E-state index contributed by atoms with van der Waals surface area (Å²) in [6.45, 7) is 1.48. The van der Waals surface area contributed by atoms with E-state index in [4.69, 9.17) is 5.11 Å². The first-order valence-corrected chi connectivity index (χ1v) is 5.13. The van der Waals surface area contributed by atoms with E-state index in [1.807, 2.05) is 16.9 Å². The number of carboxylic acid groups (broad SMARTS) is 1. The van der Waals surface area contributed by atoms with Crippen LogP contribution < -0.4 is 0 Å². The van der Waals surface area contributed by atoms with E-state index < -0.39 is 5.97 Å². The molecule has 1 N–H and O–H groups in total. The zero-order valence-corrected chi connectivity index (χ0v) is 8.78. The lowest BCUT2D eigenvalue weighted by Crippen LogP contribution is -2.09. The number of aromatic carboxylic acids is 1. The lowest BCUT2D eigenvalue weighted by atomic mass is 10.4. The molecule has 0 fully saturated rings. The van der Waals surface area contributed by atoms with Crippen molar-refractivity contribution < 1.29 is 9.90 Å². The third-order valence-electron chi connectivity index (χ3n) is 2.39. The Morgan fingerprint density at radius 2 is 2.19 bits per heavy atom. The lowest BCUT2D eigenvalue weighted by Gasteiger charge is -2.06. The van der Waals surface area contributed by atoms with Crippen molar-refractivity contribution in [3.05, 3.63) is 42.5 Å². The predicted octanol–water partition coefficient (Wildman–Crippen LogP) is 1.47. The quantitative estimate of drug-likeness (QED) is 0.828. The molecular formula is C11H13N3O2. The van der Waals surface area contributed by atoms with E-state index in [9.17, 15) is 4.79 Å². The highest BCUT2D eigenvalue weighted by Crippen LogP contribution is 2.04. The summed E-state index contributed by atoms with van der Waals surface area (Å²) in [5.74, 6) is -0.885. The van der Waals surface area contributed by atoms with Gasteiger partial charge in [0, 0.05) is 31.7 Å². The number of hydrogen-bond donors (Lipinski definition) is 1. The van der Waals surface area contributed by atoms with E-state index >= 15 is 0 Å². The standard InChI is InChI=1S/C11H13N3O2/c15-11(16)10-4-1-6-13(10)7-3-9-14-8-2-5-12-14/h1-2,4-6,8H,3,7,9H2,(H,15,16). The average Bonchev–Trinajstić information content (AvgIpc) is 2.87. The maximum atomic E-state index is 10.8. The molecule has 0 saturated carbocycles. The predicted molar refractivity (Wildman–Crippen MR) is 58.2 cm³/mol. The zero-order valence-electron chi connectivity index (χ0n) is 8.78. The molecule has 0 aromatic carbocycles. The molecule has 0 atom stereocenters. The summed E-state index contributed by atoms with van der Waals surface area (Å²) in [6.07, 6.45) is 6.27. The Bertz CT molecular complexity index is 459. The molecule has 0 spiro atoms. The van der Waals surface area contributed by atoms with Crippen LogP contribution in [-0.2, 0) is 13.1 Å². The van der Waals surface area contributed by atoms with Gasteiger partial charge in [-0.1, -0.05) is 0 Å². The highest BCUT2D eigenvalue weighted by molar-refractivity contribution is 5.85. The van der Waals surface area contributed by atoms with Crippen molar-refractivity contribution in [2.24, 2.45) is 0 Å². The minimum atomic E-state index is -0.885. The van der Waals surface area contributed by atoms with Gasteiger partial charge < -0.3 is 9.67 Å². The first-order chi connectivity index (χ1) is 7.77. The van der Waals surface area contributed by atoms with Gasteiger partial charge in [0.05, 0.1) is 0 Å². The normalized spacial score (nSPS) is 10.5. The van der Waals surface area contributed by atoms with Gasteiger partial charge in [-0.2, -0.15) is 5.10 Å². The second-order valence-electron chi connectivity index (χ2n) is 3.51. The number of rotatable bonds is 5. The molecule has 0 aliphatic rings. The number of nitrogens with zero attached hydrogens (tertiary/aromatic N) is 3. The second kappa shape index (κ2) is 4.65. The van der Waals surface area contributed by atoms with Crippen LogP contribution in [0.15, 0.2) is 36.8 Å². The van der Waals surface area contributed by atoms with Gasteiger partial charge in [-0.15, -0.1) is 0 Å². The molecular weight excluding hydrogens is 206 g/mol. The third kappa shape index (κ3) is 2.31. The van der Waals surface area contributed by atoms with Gasteiger partial charge in [-0.3, -0.25) is 4.68 Å². The van der Waals surface area contributed by atoms with Gasteiger partial charge in [-0.05, 0) is 24.6 Å². The fourth-order valence-corrected chi connectivity index (χ4v) is 1.64. The number of carboxylic acids is 1. The van der Waals surface area contributed by atoms with Crippen molar-refractivity contribution in [3.63, 3.8) is 0 Å². The van der Waals surface area contributed by atoms with Crippen molar-refractivity contribution in [1.82, 2.24) is 14.3 Å². The Hall–Kier alpha value is -2.04. The minimum Gasteiger partial charge on any atom is -0.477 e. The second-order valence-corrected chi connectivity index (χ2v) is 3.51. The number of hydrogen-bond acceptors (Lipinski definition) is 2. The number of aryl methyl sites for hydroxylation is 2. The monoisotopic (exact) mass is 219 g/mol. The summed E-state index contributed by atoms with van der Waals surface area (Å²) in [4.78, 5) is 10.8. The Morgan fingerprint density at radius 1 is 1.31 bits per heavy atom. The smallest absolute Gasteiger partial charge is 0.352 e. The maximum absolute atomic E-state index is 10.8. The van der Waals surface area contributed by atoms with Crippen LogP contribution in [0.5, 0.6) is 0 Å². The summed E-state index contributed by atoms with van der Waals surface area (Å²) < 4.78 is 3.58. The third-order valence-corrected chi connectivity index (χ3v) is 2.39. The highest BCUT2D eigenvalue weighted by Gasteiger charge is 2.07. The molecule has 0 saturated heterocycles. The highest BCUT2D eigenvalue weighted by atomic mass is 16.4. The molecule has 2 aromatic heterocycles. The van der Waals surface area contributed by atoms with Crippen molar-refractivity contribution >= 4 is 5.97 Å². The first-order valence-electron chi connectivity index (χ1n) is 5.13. The summed E-state index contributed by atoms with van der Waals surface area (Å²) in [5.41, 5.74) is 0.334. The molecule has 2 heterocycles. The summed E-state index contributed by atoms with van der Waals surface area (Å²) in [5, 5.41) is 13.0. The molecule has 16 heavy (non-hydrogen) atoms. The van der Waals surface area contributed by atoms with Crippen LogP contribution >= 0.6 is 0 Å². The molecule has 2 rings (SSSR count). The summed E-state index contributed by atoms with van der Waals surface area (Å²) >= 11 is 0. The van der Waals surface area contributed by atoms with E-state index in [-0.39, 0.29) is 0 Å². The number of aromatic nitrogens is 3. The van der Waals surface area contributed by atoms with Crippen molar-refractivity contribution in [3.8, 4) is 0 Å². The molecule has 84 valence electrons. The van der Waals surface area contributed by atoms with Crippen LogP contribution in [0.2, 0.25) is 0 Å². The fourth-order valence-electron chi connectivity index (χ4n) is 1.64. The Balaban J connectivity index is 1.90. The topological polar surface area (TPSA) is 60.0 Å². The molecule has 2 aromatic rings. The lowest BCUT2D eigenvalue weighted by molar-refractivity contribution is 0.0685. The zero-order chi connectivity index (χ0) is 11.4. The summed E-state index contributed by atoms with van der Waals surface area (Å²) in [7, 11) is 0. The molecule has 0 aliphatic carbocycles. The van der Waals surface area contributed by atoms with Gasteiger partial charge in [0.15, 0.2) is 0 Å². The Kier molecular flexibility index (Phi) is 3.05. The molecule has 5 nitrogen and oxygen atoms in total. The van der Waals surface area contributed by atoms with Gasteiger partial charge in [0.1, 0.15) is 5.69 Å². The van der Waals surface area contributed by atoms with Crippen molar-refractivity contribution in [2.45, 2.75) is 19.5 Å². The van der Waals surface area contributed by atoms with Gasteiger partial charge in [0.25, 0.3) is 0 Å². The Morgan fingerprint density at radius 3 is 2.88 bits per heavy atom. The van der Waals surface area contributed by atoms with E-state index in [0.717, 1.165) is 13.0 Å². The SMILES string of the molecule is O=C(O)c1cccn1CCCn1cccn1. The van der Waals surface area contributed by atoms with Crippen LogP contribution in [0, 0.1) is 0 Å². The van der Waals surface area contributed by atoms with E-state index in [1.165, 1.54) is 0 Å². The van der Waals surface area contributed by atoms with Crippen LogP contribution in [0.25, 0.3) is 0 Å².